The second kappa shape index (κ2) is 5.64. The number of hydrogen-bond donors (Lipinski definition) is 2. The van der Waals surface area contributed by atoms with E-state index in [9.17, 15) is 9.59 Å². The van der Waals surface area contributed by atoms with Crippen LogP contribution in [0.25, 0.3) is 0 Å². The number of nitrogens with zero attached hydrogens (tertiary/aromatic N) is 2. The molecule has 1 atom stereocenters. The van der Waals surface area contributed by atoms with E-state index in [2.05, 4.69) is 10.4 Å². The highest BCUT2D eigenvalue weighted by molar-refractivity contribution is 7.14. The first-order valence-electron chi connectivity index (χ1n) is 5.74. The average Bonchev–Trinajstić information content (AvgIpc) is 3.00. The van der Waals surface area contributed by atoms with Gasteiger partial charge in [0.2, 0.25) is 5.91 Å². The highest BCUT2D eigenvalue weighted by atomic mass is 35.5. The van der Waals surface area contributed by atoms with Crippen molar-refractivity contribution < 1.29 is 9.59 Å². The lowest BCUT2D eigenvalue weighted by Gasteiger charge is -2.27. The first kappa shape index (κ1) is 14.5. The Hall–Kier alpha value is -1.86. The number of carbonyl (C=O) groups excluding carboxylic acids is 2. The highest BCUT2D eigenvalue weighted by Crippen LogP contribution is 2.20. The zero-order chi connectivity index (χ0) is 14.8. The Kier molecular flexibility index (Phi) is 4.10. The Morgan fingerprint density at radius 2 is 2.35 bits per heavy atom. The van der Waals surface area contributed by atoms with Crippen molar-refractivity contribution in [3.8, 4) is 0 Å². The van der Waals surface area contributed by atoms with Gasteiger partial charge in [-0.3, -0.25) is 14.3 Å². The maximum absolute atomic E-state index is 12.1. The summed E-state index contributed by atoms with van der Waals surface area (Å²) in [6.07, 6.45) is 3.27. The number of halogens is 1. The number of primary amides is 1. The number of amides is 2. The molecule has 6 nitrogen and oxygen atoms in total. The van der Waals surface area contributed by atoms with Crippen LogP contribution in [0, 0.1) is 0 Å². The van der Waals surface area contributed by atoms with E-state index in [-0.39, 0.29) is 6.54 Å². The molecule has 0 aromatic carbocycles. The van der Waals surface area contributed by atoms with Crippen LogP contribution in [0.4, 0.5) is 0 Å². The third-order valence-electron chi connectivity index (χ3n) is 2.80. The number of carbonyl (C=O) groups is 2. The van der Waals surface area contributed by atoms with E-state index < -0.39 is 17.4 Å². The monoisotopic (exact) mass is 312 g/mol. The van der Waals surface area contributed by atoms with Gasteiger partial charge in [-0.1, -0.05) is 11.6 Å². The van der Waals surface area contributed by atoms with E-state index in [1.165, 1.54) is 22.1 Å². The number of nitrogens with two attached hydrogens (primary N) is 1. The molecule has 0 aliphatic rings. The summed E-state index contributed by atoms with van der Waals surface area (Å²) in [7, 11) is 0. The molecule has 0 aliphatic heterocycles. The van der Waals surface area contributed by atoms with Gasteiger partial charge in [-0.25, -0.2) is 0 Å². The molecule has 0 radical (unpaired) electrons. The molecule has 2 heterocycles. The molecular weight excluding hydrogens is 300 g/mol. The standard InChI is InChI=1S/C12H13ClN4O2S/c1-12(11(14)19,7-17-4-2-3-15-17)16-10(18)8-5-9(13)20-6-8/h2-6H,7H2,1H3,(H2,14,19)(H,16,18)/t12-/m0/s1. The van der Waals surface area contributed by atoms with E-state index in [1.807, 2.05) is 0 Å². The Balaban J connectivity index is 2.16. The summed E-state index contributed by atoms with van der Waals surface area (Å²) >= 11 is 7.03. The molecule has 0 spiro atoms. The van der Waals surface area contributed by atoms with E-state index in [4.69, 9.17) is 17.3 Å². The van der Waals surface area contributed by atoms with Crippen molar-refractivity contribution in [1.82, 2.24) is 15.1 Å². The molecule has 0 saturated carbocycles. The summed E-state index contributed by atoms with van der Waals surface area (Å²) < 4.78 is 2.04. The summed E-state index contributed by atoms with van der Waals surface area (Å²) in [5.41, 5.74) is 4.56. The lowest BCUT2D eigenvalue weighted by atomic mass is 10.0. The molecule has 2 aromatic heterocycles. The molecular formula is C12H13ClN4O2S. The third-order valence-corrected chi connectivity index (χ3v) is 3.89. The third kappa shape index (κ3) is 3.17. The quantitative estimate of drug-likeness (QED) is 0.871. The van der Waals surface area contributed by atoms with Gasteiger partial charge in [0.15, 0.2) is 0 Å². The van der Waals surface area contributed by atoms with Gasteiger partial charge in [-0.05, 0) is 19.1 Å². The SMILES string of the molecule is C[C@@](Cn1cccn1)(NC(=O)c1csc(Cl)c1)C(N)=O. The minimum Gasteiger partial charge on any atom is -0.368 e. The number of thiophene rings is 1. The van der Waals surface area contributed by atoms with E-state index in [0.29, 0.717) is 9.90 Å². The first-order chi connectivity index (χ1) is 9.40. The van der Waals surface area contributed by atoms with Gasteiger partial charge in [-0.15, -0.1) is 11.3 Å². The van der Waals surface area contributed by atoms with Crippen LogP contribution in [0.3, 0.4) is 0 Å². The van der Waals surface area contributed by atoms with Crippen molar-refractivity contribution in [2.45, 2.75) is 19.0 Å². The summed E-state index contributed by atoms with van der Waals surface area (Å²) in [6.45, 7) is 1.71. The largest absolute Gasteiger partial charge is 0.368 e. The van der Waals surface area contributed by atoms with Gasteiger partial charge in [-0.2, -0.15) is 5.10 Å². The molecule has 0 saturated heterocycles. The number of rotatable bonds is 5. The molecule has 2 aromatic rings. The Morgan fingerprint density at radius 1 is 1.60 bits per heavy atom. The lowest BCUT2D eigenvalue weighted by Crippen LogP contribution is -2.57. The van der Waals surface area contributed by atoms with Crippen LogP contribution in [0.15, 0.2) is 29.9 Å². The molecule has 2 amide bonds. The van der Waals surface area contributed by atoms with Crippen LogP contribution < -0.4 is 11.1 Å². The number of aromatic nitrogens is 2. The summed E-state index contributed by atoms with van der Waals surface area (Å²) in [5, 5.41) is 8.26. The smallest absolute Gasteiger partial charge is 0.253 e. The first-order valence-corrected chi connectivity index (χ1v) is 7.00. The maximum atomic E-state index is 12.1. The van der Waals surface area contributed by atoms with Crippen molar-refractivity contribution in [3.63, 3.8) is 0 Å². The Labute approximate surface area is 124 Å². The van der Waals surface area contributed by atoms with Crippen LogP contribution in [-0.4, -0.2) is 27.1 Å². The van der Waals surface area contributed by atoms with Crippen molar-refractivity contribution in [1.29, 1.82) is 0 Å². The minimum atomic E-state index is -1.24. The van der Waals surface area contributed by atoms with Crippen molar-refractivity contribution in [3.05, 3.63) is 39.8 Å². The maximum Gasteiger partial charge on any atom is 0.253 e. The van der Waals surface area contributed by atoms with Crippen LogP contribution >= 0.6 is 22.9 Å². The predicted octanol–water partition coefficient (Wildman–Crippen LogP) is 1.27. The van der Waals surface area contributed by atoms with Gasteiger partial charge in [0.1, 0.15) is 5.54 Å². The number of nitrogens with one attached hydrogen (secondary N) is 1. The molecule has 0 bridgehead atoms. The fraction of sp³-hybridized carbons (Fsp3) is 0.250. The van der Waals surface area contributed by atoms with Gasteiger partial charge >= 0.3 is 0 Å². The molecule has 106 valence electrons. The fourth-order valence-corrected chi connectivity index (χ4v) is 2.51. The van der Waals surface area contributed by atoms with Crippen LogP contribution in [0.5, 0.6) is 0 Å². The van der Waals surface area contributed by atoms with Crippen molar-refractivity contribution in [2.75, 3.05) is 0 Å². The topological polar surface area (TPSA) is 90.0 Å². The Morgan fingerprint density at radius 3 is 2.85 bits per heavy atom. The molecule has 0 fully saturated rings. The number of hydrogen-bond acceptors (Lipinski definition) is 4. The minimum absolute atomic E-state index is 0.152. The molecule has 20 heavy (non-hydrogen) atoms. The fourth-order valence-electron chi connectivity index (χ4n) is 1.65. The molecule has 2 rings (SSSR count). The predicted molar refractivity (Wildman–Crippen MR) is 76.6 cm³/mol. The summed E-state index contributed by atoms with van der Waals surface area (Å²) in [6, 6.07) is 3.26. The average molecular weight is 313 g/mol. The summed E-state index contributed by atoms with van der Waals surface area (Å²) in [5.74, 6) is -1.04. The second-order valence-electron chi connectivity index (χ2n) is 4.49. The van der Waals surface area contributed by atoms with Crippen LogP contribution in [0.2, 0.25) is 4.34 Å². The second-order valence-corrected chi connectivity index (χ2v) is 6.04. The zero-order valence-electron chi connectivity index (χ0n) is 10.7. The lowest BCUT2D eigenvalue weighted by molar-refractivity contribution is -0.124. The van der Waals surface area contributed by atoms with E-state index >= 15 is 0 Å². The Bertz CT molecular complexity index is 625. The van der Waals surface area contributed by atoms with Gasteiger partial charge in [0.05, 0.1) is 16.4 Å². The van der Waals surface area contributed by atoms with E-state index in [0.717, 1.165) is 0 Å². The van der Waals surface area contributed by atoms with Crippen LogP contribution in [-0.2, 0) is 11.3 Å². The summed E-state index contributed by atoms with van der Waals surface area (Å²) in [4.78, 5) is 23.8. The molecule has 3 N–H and O–H groups in total. The highest BCUT2D eigenvalue weighted by Gasteiger charge is 2.34. The molecule has 8 heteroatoms. The zero-order valence-corrected chi connectivity index (χ0v) is 12.2. The van der Waals surface area contributed by atoms with E-state index in [1.54, 1.807) is 30.8 Å². The van der Waals surface area contributed by atoms with Gasteiger partial charge in [0.25, 0.3) is 5.91 Å². The van der Waals surface area contributed by atoms with Crippen molar-refractivity contribution >= 4 is 34.8 Å². The molecule has 0 aliphatic carbocycles. The van der Waals surface area contributed by atoms with Gasteiger partial charge in [0, 0.05) is 17.8 Å². The molecule has 0 unspecified atom stereocenters. The van der Waals surface area contributed by atoms with Gasteiger partial charge < -0.3 is 11.1 Å². The van der Waals surface area contributed by atoms with Crippen molar-refractivity contribution in [2.24, 2.45) is 5.73 Å². The normalized spacial score (nSPS) is 13.7. The van der Waals surface area contributed by atoms with Crippen LogP contribution in [0.1, 0.15) is 17.3 Å².